The van der Waals surface area contributed by atoms with Gasteiger partial charge in [0.1, 0.15) is 11.6 Å². The molecule has 4 aromatic rings. The molecule has 0 spiro atoms. The fourth-order valence-corrected chi connectivity index (χ4v) is 4.17. The van der Waals surface area contributed by atoms with Crippen molar-refractivity contribution in [3.8, 4) is 22.5 Å². The van der Waals surface area contributed by atoms with Crippen molar-refractivity contribution in [2.24, 2.45) is 0 Å². The van der Waals surface area contributed by atoms with Gasteiger partial charge in [-0.25, -0.2) is 14.4 Å². The Hall–Kier alpha value is -2.53. The van der Waals surface area contributed by atoms with Gasteiger partial charge < -0.3 is 4.57 Å². The van der Waals surface area contributed by atoms with E-state index in [1.165, 1.54) is 6.07 Å². The molecule has 0 fully saturated rings. The van der Waals surface area contributed by atoms with Crippen molar-refractivity contribution in [3.05, 3.63) is 59.6 Å². The van der Waals surface area contributed by atoms with Crippen molar-refractivity contribution in [2.45, 2.75) is 19.4 Å². The first-order valence-corrected chi connectivity index (χ1v) is 8.86. The van der Waals surface area contributed by atoms with Gasteiger partial charge in [-0.2, -0.15) is 0 Å². The maximum absolute atomic E-state index is 13.7. The van der Waals surface area contributed by atoms with E-state index in [1.54, 1.807) is 23.5 Å². The number of hydrogen-bond acceptors (Lipinski definition) is 3. The minimum atomic E-state index is -0.232. The zero-order valence-electron chi connectivity index (χ0n) is 12.9. The average molecular weight is 335 g/mol. The Morgan fingerprint density at radius 1 is 1.08 bits per heavy atom. The van der Waals surface area contributed by atoms with Crippen LogP contribution >= 0.6 is 11.3 Å². The van der Waals surface area contributed by atoms with E-state index < -0.39 is 0 Å². The predicted molar refractivity (Wildman–Crippen MR) is 94.6 cm³/mol. The Morgan fingerprint density at radius 3 is 2.96 bits per heavy atom. The van der Waals surface area contributed by atoms with E-state index in [2.05, 4.69) is 21.7 Å². The summed E-state index contributed by atoms with van der Waals surface area (Å²) in [5.41, 5.74) is 6.78. The zero-order valence-corrected chi connectivity index (χ0v) is 13.7. The lowest BCUT2D eigenvalue weighted by molar-refractivity contribution is 0.628. The Kier molecular flexibility index (Phi) is 3.03. The first kappa shape index (κ1) is 13.9. The molecule has 5 rings (SSSR count). The number of halogens is 1. The van der Waals surface area contributed by atoms with E-state index in [9.17, 15) is 4.39 Å². The van der Waals surface area contributed by atoms with Crippen LogP contribution in [0.4, 0.5) is 4.39 Å². The van der Waals surface area contributed by atoms with Crippen LogP contribution in [-0.2, 0) is 13.0 Å². The number of nitrogens with zero attached hydrogens (tertiary/aromatic N) is 3. The molecule has 5 heteroatoms. The minimum Gasteiger partial charge on any atom is -0.327 e. The number of rotatable bonds is 2. The molecule has 1 aliphatic rings. The third-order valence-corrected chi connectivity index (χ3v) is 5.32. The molecule has 0 atom stereocenters. The normalized spacial score (nSPS) is 13.5. The summed E-state index contributed by atoms with van der Waals surface area (Å²) in [6, 6.07) is 13.0. The highest BCUT2D eigenvalue weighted by atomic mass is 32.1. The molecule has 24 heavy (non-hydrogen) atoms. The van der Waals surface area contributed by atoms with E-state index in [0.29, 0.717) is 0 Å². The molecule has 0 unspecified atom stereocenters. The van der Waals surface area contributed by atoms with Crippen LogP contribution in [0.3, 0.4) is 0 Å². The highest BCUT2D eigenvalue weighted by Gasteiger charge is 2.23. The Morgan fingerprint density at radius 2 is 2.04 bits per heavy atom. The summed E-state index contributed by atoms with van der Waals surface area (Å²) in [5, 5.41) is 0. The van der Waals surface area contributed by atoms with Gasteiger partial charge in [0.25, 0.3) is 0 Å². The first-order valence-electron chi connectivity index (χ1n) is 7.98. The molecule has 0 amide bonds. The number of imidazole rings is 1. The molecular weight excluding hydrogens is 321 g/mol. The number of fused-ring (bicyclic) bond motifs is 2. The lowest BCUT2D eigenvalue weighted by atomic mass is 10.0. The monoisotopic (exact) mass is 335 g/mol. The number of hydrogen-bond donors (Lipinski definition) is 0. The van der Waals surface area contributed by atoms with Crippen LogP contribution in [0, 0.1) is 5.82 Å². The van der Waals surface area contributed by atoms with Crippen LogP contribution in [0.15, 0.2) is 48.0 Å². The second-order valence-corrected chi connectivity index (χ2v) is 6.91. The molecule has 2 aromatic carbocycles. The fourth-order valence-electron chi connectivity index (χ4n) is 3.46. The van der Waals surface area contributed by atoms with Crippen LogP contribution in [0.5, 0.6) is 0 Å². The standard InChI is InChI=1S/C19H14FN3S/c20-14-4-1-3-12(9-14)18-19(23-8-2-5-17(23)22-18)13-6-7-15-16(10-13)24-11-21-15/h1,3-4,6-7,9-11H,2,5,8H2. The van der Waals surface area contributed by atoms with Crippen LogP contribution < -0.4 is 0 Å². The molecule has 1 aliphatic heterocycles. The SMILES string of the molecule is Fc1cccc(-c2nc3n(c2-c2ccc4ncsc4c2)CCC3)c1. The predicted octanol–water partition coefficient (Wildman–Crippen LogP) is 4.91. The lowest BCUT2D eigenvalue weighted by Crippen LogP contribution is -1.96. The van der Waals surface area contributed by atoms with Gasteiger partial charge in [-0.15, -0.1) is 11.3 Å². The maximum Gasteiger partial charge on any atom is 0.123 e. The topological polar surface area (TPSA) is 30.7 Å². The van der Waals surface area contributed by atoms with Gasteiger partial charge in [-0.3, -0.25) is 0 Å². The highest BCUT2D eigenvalue weighted by molar-refractivity contribution is 7.16. The Balaban J connectivity index is 1.77. The van der Waals surface area contributed by atoms with E-state index in [-0.39, 0.29) is 5.82 Å². The van der Waals surface area contributed by atoms with Crippen LogP contribution in [0.2, 0.25) is 0 Å². The Bertz CT molecular complexity index is 1060. The number of aromatic nitrogens is 3. The van der Waals surface area contributed by atoms with Gasteiger partial charge in [0.05, 0.1) is 27.1 Å². The molecule has 0 bridgehead atoms. The molecule has 0 saturated heterocycles. The molecule has 2 aromatic heterocycles. The third-order valence-electron chi connectivity index (χ3n) is 4.53. The van der Waals surface area contributed by atoms with Crippen LogP contribution in [-0.4, -0.2) is 14.5 Å². The molecule has 0 N–H and O–H groups in total. The fraction of sp³-hybridized carbons (Fsp3) is 0.158. The summed E-state index contributed by atoms with van der Waals surface area (Å²) in [6.07, 6.45) is 2.09. The van der Waals surface area contributed by atoms with Gasteiger partial charge in [0.15, 0.2) is 0 Å². The van der Waals surface area contributed by atoms with Crippen LogP contribution in [0.25, 0.3) is 32.7 Å². The van der Waals surface area contributed by atoms with Crippen molar-refractivity contribution in [1.82, 2.24) is 14.5 Å². The van der Waals surface area contributed by atoms with Gasteiger partial charge in [0.2, 0.25) is 0 Å². The van der Waals surface area contributed by atoms with E-state index in [0.717, 1.165) is 57.9 Å². The quantitative estimate of drug-likeness (QED) is 0.521. The van der Waals surface area contributed by atoms with E-state index in [4.69, 9.17) is 4.98 Å². The first-order chi connectivity index (χ1) is 11.8. The molecular formula is C19H14FN3S. The largest absolute Gasteiger partial charge is 0.327 e. The summed E-state index contributed by atoms with van der Waals surface area (Å²) >= 11 is 1.64. The number of benzene rings is 2. The van der Waals surface area contributed by atoms with Crippen molar-refractivity contribution in [1.29, 1.82) is 0 Å². The smallest absolute Gasteiger partial charge is 0.123 e. The zero-order chi connectivity index (χ0) is 16.1. The number of thiazole rings is 1. The van der Waals surface area contributed by atoms with Crippen molar-refractivity contribution >= 4 is 21.6 Å². The van der Waals surface area contributed by atoms with E-state index in [1.807, 2.05) is 17.6 Å². The van der Waals surface area contributed by atoms with Crippen molar-refractivity contribution in [2.75, 3.05) is 0 Å². The minimum absolute atomic E-state index is 0.232. The molecule has 3 nitrogen and oxygen atoms in total. The summed E-state index contributed by atoms with van der Waals surface area (Å²) in [6.45, 7) is 0.966. The summed E-state index contributed by atoms with van der Waals surface area (Å²) < 4.78 is 17.2. The van der Waals surface area contributed by atoms with Crippen LogP contribution in [0.1, 0.15) is 12.2 Å². The number of aryl methyl sites for hydroxylation is 1. The molecule has 0 saturated carbocycles. The van der Waals surface area contributed by atoms with Gasteiger partial charge in [-0.05, 0) is 30.7 Å². The second-order valence-electron chi connectivity index (χ2n) is 6.03. The second kappa shape index (κ2) is 5.24. The van der Waals surface area contributed by atoms with E-state index >= 15 is 0 Å². The summed E-state index contributed by atoms with van der Waals surface area (Å²) in [5.74, 6) is 0.859. The Labute approximate surface area is 142 Å². The van der Waals surface area contributed by atoms with Gasteiger partial charge in [0, 0.05) is 24.1 Å². The molecule has 0 aliphatic carbocycles. The van der Waals surface area contributed by atoms with Crippen molar-refractivity contribution in [3.63, 3.8) is 0 Å². The average Bonchev–Trinajstić information content (AvgIpc) is 3.29. The summed E-state index contributed by atoms with van der Waals surface area (Å²) in [7, 11) is 0. The molecule has 118 valence electrons. The van der Waals surface area contributed by atoms with Gasteiger partial charge >= 0.3 is 0 Å². The molecule has 3 heterocycles. The van der Waals surface area contributed by atoms with Gasteiger partial charge in [-0.1, -0.05) is 18.2 Å². The maximum atomic E-state index is 13.7. The van der Waals surface area contributed by atoms with Crippen molar-refractivity contribution < 1.29 is 4.39 Å². The molecule has 0 radical (unpaired) electrons. The third kappa shape index (κ3) is 2.08. The highest BCUT2D eigenvalue weighted by Crippen LogP contribution is 2.37. The lowest BCUT2D eigenvalue weighted by Gasteiger charge is -2.09. The summed E-state index contributed by atoms with van der Waals surface area (Å²) in [4.78, 5) is 9.18.